The largest absolute Gasteiger partial charge is 0.327 e. The highest BCUT2D eigenvalue weighted by Crippen LogP contribution is 2.36. The second kappa shape index (κ2) is 5.14. The van der Waals surface area contributed by atoms with E-state index in [1.54, 1.807) is 11.8 Å². The molecule has 16 heavy (non-hydrogen) atoms. The molecular weight excluding hydrogens is 222 g/mol. The SMILES string of the molecule is CCC(C)C(N)CSc1nnnn1C1CC1. The third-order valence-corrected chi connectivity index (χ3v) is 4.21. The molecule has 6 heteroatoms. The standard InChI is InChI=1S/C10H19N5S/c1-3-7(2)9(11)6-16-10-12-13-14-15(10)8-4-5-8/h7-9H,3-6,11H2,1-2H3. The Hall–Kier alpha value is -0.620. The quantitative estimate of drug-likeness (QED) is 0.764. The third kappa shape index (κ3) is 2.74. The summed E-state index contributed by atoms with van der Waals surface area (Å²) in [7, 11) is 0. The molecule has 0 bridgehead atoms. The zero-order chi connectivity index (χ0) is 11.5. The molecular formula is C10H19N5S. The molecule has 1 aliphatic carbocycles. The van der Waals surface area contributed by atoms with Gasteiger partial charge in [0, 0.05) is 11.8 Å². The first kappa shape index (κ1) is 11.9. The van der Waals surface area contributed by atoms with Gasteiger partial charge in [0.15, 0.2) is 0 Å². The number of aromatic nitrogens is 4. The van der Waals surface area contributed by atoms with Crippen LogP contribution in [0.3, 0.4) is 0 Å². The third-order valence-electron chi connectivity index (χ3n) is 3.14. The molecule has 0 aromatic carbocycles. The van der Waals surface area contributed by atoms with E-state index in [-0.39, 0.29) is 6.04 Å². The number of tetrazole rings is 1. The lowest BCUT2D eigenvalue weighted by Crippen LogP contribution is -2.30. The Morgan fingerprint density at radius 2 is 2.31 bits per heavy atom. The van der Waals surface area contributed by atoms with E-state index < -0.39 is 0 Å². The Bertz CT molecular complexity index is 336. The van der Waals surface area contributed by atoms with Crippen LogP contribution < -0.4 is 5.73 Å². The summed E-state index contributed by atoms with van der Waals surface area (Å²) in [6.07, 6.45) is 3.53. The summed E-state index contributed by atoms with van der Waals surface area (Å²) in [5, 5.41) is 12.7. The molecule has 1 heterocycles. The van der Waals surface area contributed by atoms with Gasteiger partial charge in [0.05, 0.1) is 6.04 Å². The molecule has 2 rings (SSSR count). The number of thioether (sulfide) groups is 1. The van der Waals surface area contributed by atoms with Crippen LogP contribution in [0.25, 0.3) is 0 Å². The van der Waals surface area contributed by atoms with E-state index in [0.29, 0.717) is 12.0 Å². The van der Waals surface area contributed by atoms with Crippen molar-refractivity contribution in [3.63, 3.8) is 0 Å². The monoisotopic (exact) mass is 241 g/mol. The van der Waals surface area contributed by atoms with Gasteiger partial charge in [-0.2, -0.15) is 0 Å². The van der Waals surface area contributed by atoms with E-state index in [1.807, 2.05) is 4.68 Å². The van der Waals surface area contributed by atoms with Gasteiger partial charge in [-0.25, -0.2) is 4.68 Å². The second-order valence-corrected chi connectivity index (χ2v) is 5.48. The predicted molar refractivity (Wildman–Crippen MR) is 64.2 cm³/mol. The molecule has 1 aromatic heterocycles. The summed E-state index contributed by atoms with van der Waals surface area (Å²) in [5.74, 6) is 1.44. The fourth-order valence-corrected chi connectivity index (χ4v) is 2.55. The van der Waals surface area contributed by atoms with Gasteiger partial charge in [0.2, 0.25) is 5.16 Å². The van der Waals surface area contributed by atoms with Gasteiger partial charge in [-0.3, -0.25) is 0 Å². The molecule has 1 aromatic rings. The Labute approximate surface area is 100 Å². The number of nitrogens with two attached hydrogens (primary N) is 1. The molecule has 2 atom stereocenters. The van der Waals surface area contributed by atoms with Crippen LogP contribution >= 0.6 is 11.8 Å². The first-order valence-corrected chi connectivity index (χ1v) is 6.87. The predicted octanol–water partition coefficient (Wildman–Crippen LogP) is 1.47. The van der Waals surface area contributed by atoms with E-state index in [4.69, 9.17) is 5.73 Å². The lowest BCUT2D eigenvalue weighted by Gasteiger charge is -2.17. The fourth-order valence-electron chi connectivity index (χ4n) is 1.47. The van der Waals surface area contributed by atoms with Crippen molar-refractivity contribution in [3.05, 3.63) is 0 Å². The van der Waals surface area contributed by atoms with Crippen molar-refractivity contribution in [3.8, 4) is 0 Å². The lowest BCUT2D eigenvalue weighted by atomic mass is 10.0. The Morgan fingerprint density at radius 3 is 2.94 bits per heavy atom. The van der Waals surface area contributed by atoms with E-state index >= 15 is 0 Å². The van der Waals surface area contributed by atoms with Crippen molar-refractivity contribution in [2.24, 2.45) is 11.7 Å². The van der Waals surface area contributed by atoms with Crippen molar-refractivity contribution in [2.75, 3.05) is 5.75 Å². The van der Waals surface area contributed by atoms with Crippen molar-refractivity contribution < 1.29 is 0 Å². The van der Waals surface area contributed by atoms with Gasteiger partial charge in [-0.1, -0.05) is 32.0 Å². The van der Waals surface area contributed by atoms with Crippen LogP contribution in [-0.2, 0) is 0 Å². The highest BCUT2D eigenvalue weighted by atomic mass is 32.2. The van der Waals surface area contributed by atoms with Crippen molar-refractivity contribution in [1.29, 1.82) is 0 Å². The zero-order valence-electron chi connectivity index (χ0n) is 9.83. The normalized spacial score (nSPS) is 19.7. The average Bonchev–Trinajstić information content (AvgIpc) is 3.04. The Kier molecular flexibility index (Phi) is 3.81. The van der Waals surface area contributed by atoms with Gasteiger partial charge in [-0.05, 0) is 29.2 Å². The average molecular weight is 241 g/mol. The molecule has 0 amide bonds. The van der Waals surface area contributed by atoms with Crippen molar-refractivity contribution >= 4 is 11.8 Å². The van der Waals surface area contributed by atoms with Crippen molar-refractivity contribution in [2.45, 2.75) is 50.4 Å². The number of nitrogens with zero attached hydrogens (tertiary/aromatic N) is 4. The molecule has 2 N–H and O–H groups in total. The number of hydrogen-bond acceptors (Lipinski definition) is 5. The van der Waals surface area contributed by atoms with Crippen LogP contribution in [-0.4, -0.2) is 32.0 Å². The molecule has 0 spiro atoms. The summed E-state index contributed by atoms with van der Waals surface area (Å²) in [6.45, 7) is 4.36. The van der Waals surface area contributed by atoms with E-state index in [2.05, 4.69) is 29.4 Å². The lowest BCUT2D eigenvalue weighted by molar-refractivity contribution is 0.474. The van der Waals surface area contributed by atoms with E-state index in [1.165, 1.54) is 12.8 Å². The first-order valence-electron chi connectivity index (χ1n) is 5.88. The van der Waals surface area contributed by atoms with Gasteiger partial charge < -0.3 is 5.73 Å². The molecule has 90 valence electrons. The summed E-state index contributed by atoms with van der Waals surface area (Å²) < 4.78 is 1.94. The van der Waals surface area contributed by atoms with Crippen molar-refractivity contribution in [1.82, 2.24) is 20.2 Å². The van der Waals surface area contributed by atoms with Crippen LogP contribution in [0.5, 0.6) is 0 Å². The van der Waals surface area contributed by atoms with E-state index in [0.717, 1.165) is 17.3 Å². The Morgan fingerprint density at radius 1 is 1.56 bits per heavy atom. The first-order chi connectivity index (χ1) is 7.72. The van der Waals surface area contributed by atoms with Crippen LogP contribution in [0.1, 0.15) is 39.2 Å². The topological polar surface area (TPSA) is 69.6 Å². The molecule has 0 saturated heterocycles. The van der Waals surface area contributed by atoms with Crippen LogP contribution in [0.15, 0.2) is 5.16 Å². The maximum atomic E-state index is 6.09. The zero-order valence-corrected chi connectivity index (χ0v) is 10.7. The van der Waals surface area contributed by atoms with Gasteiger partial charge >= 0.3 is 0 Å². The fraction of sp³-hybridized carbons (Fsp3) is 0.900. The van der Waals surface area contributed by atoms with Gasteiger partial charge in [0.25, 0.3) is 0 Å². The summed E-state index contributed by atoms with van der Waals surface area (Å²) in [4.78, 5) is 0. The second-order valence-electron chi connectivity index (χ2n) is 4.50. The number of rotatable bonds is 6. The summed E-state index contributed by atoms with van der Waals surface area (Å²) >= 11 is 1.68. The summed E-state index contributed by atoms with van der Waals surface area (Å²) in [5.41, 5.74) is 6.09. The number of hydrogen-bond donors (Lipinski definition) is 1. The molecule has 1 fully saturated rings. The molecule has 0 radical (unpaired) electrons. The molecule has 1 aliphatic rings. The van der Waals surface area contributed by atoms with Crippen LogP contribution in [0.4, 0.5) is 0 Å². The maximum absolute atomic E-state index is 6.09. The van der Waals surface area contributed by atoms with E-state index in [9.17, 15) is 0 Å². The molecule has 1 saturated carbocycles. The highest BCUT2D eigenvalue weighted by molar-refractivity contribution is 7.99. The Balaban J connectivity index is 1.86. The van der Waals surface area contributed by atoms with Gasteiger partial charge in [-0.15, -0.1) is 5.10 Å². The summed E-state index contributed by atoms with van der Waals surface area (Å²) in [6, 6.07) is 0.761. The maximum Gasteiger partial charge on any atom is 0.209 e. The highest BCUT2D eigenvalue weighted by Gasteiger charge is 2.28. The molecule has 0 aliphatic heterocycles. The minimum Gasteiger partial charge on any atom is -0.327 e. The minimum absolute atomic E-state index is 0.222. The van der Waals surface area contributed by atoms with Crippen LogP contribution in [0, 0.1) is 5.92 Å². The van der Waals surface area contributed by atoms with Crippen LogP contribution in [0.2, 0.25) is 0 Å². The van der Waals surface area contributed by atoms with Gasteiger partial charge in [0.1, 0.15) is 0 Å². The minimum atomic E-state index is 0.222. The molecule has 5 nitrogen and oxygen atoms in total. The smallest absolute Gasteiger partial charge is 0.209 e. The molecule has 2 unspecified atom stereocenters.